The molecule has 0 aliphatic carbocycles. The van der Waals surface area contributed by atoms with Crippen LogP contribution in [0.1, 0.15) is 50.3 Å². The number of benzene rings is 2. The zero-order valence-electron chi connectivity index (χ0n) is 19.3. The molecule has 0 spiro atoms. The van der Waals surface area contributed by atoms with Crippen molar-refractivity contribution in [3.8, 4) is 5.75 Å². The fourth-order valence-corrected chi connectivity index (χ4v) is 3.61. The molecule has 8 heteroatoms. The van der Waals surface area contributed by atoms with E-state index in [9.17, 15) is 18.0 Å². The molecule has 1 heterocycles. The lowest BCUT2D eigenvalue weighted by Gasteiger charge is -2.28. The van der Waals surface area contributed by atoms with Gasteiger partial charge in [0.05, 0.1) is 24.9 Å². The highest BCUT2D eigenvalue weighted by Gasteiger charge is 2.32. The molecule has 0 radical (unpaired) electrons. The van der Waals surface area contributed by atoms with Crippen LogP contribution in [0.5, 0.6) is 5.75 Å². The number of carbonyl (C=O) groups is 1. The van der Waals surface area contributed by atoms with Gasteiger partial charge in [0.15, 0.2) is 6.10 Å². The van der Waals surface area contributed by atoms with Crippen LogP contribution in [0.15, 0.2) is 53.7 Å². The second-order valence-corrected chi connectivity index (χ2v) is 9.41. The molecule has 0 bridgehead atoms. The lowest BCUT2D eigenvalue weighted by Crippen LogP contribution is -2.38. The molecule has 2 aromatic carbocycles. The van der Waals surface area contributed by atoms with E-state index < -0.39 is 11.7 Å². The summed E-state index contributed by atoms with van der Waals surface area (Å²) in [5.41, 5.74) is 1.07. The number of hydrogen-bond acceptors (Lipinski definition) is 4. The van der Waals surface area contributed by atoms with Gasteiger partial charge in [-0.15, -0.1) is 0 Å². The summed E-state index contributed by atoms with van der Waals surface area (Å²) in [5.74, 6) is 0.594. The molecule has 0 saturated heterocycles. The van der Waals surface area contributed by atoms with Gasteiger partial charge in [0, 0.05) is 19.4 Å². The summed E-state index contributed by atoms with van der Waals surface area (Å²) in [7, 11) is 1.59. The Morgan fingerprint density at radius 3 is 2.45 bits per heavy atom. The quantitative estimate of drug-likeness (QED) is 0.533. The van der Waals surface area contributed by atoms with E-state index >= 15 is 0 Å². The van der Waals surface area contributed by atoms with Crippen molar-refractivity contribution in [1.29, 1.82) is 0 Å². The fourth-order valence-electron chi connectivity index (χ4n) is 3.61. The lowest BCUT2D eigenvalue weighted by atomic mass is 9.91. The number of nitrogens with zero attached hydrogens (tertiary/aromatic N) is 2. The minimum absolute atomic E-state index is 0.0660. The second-order valence-electron chi connectivity index (χ2n) is 9.41. The Balaban J connectivity index is 1.73. The van der Waals surface area contributed by atoms with Crippen LogP contribution in [0.2, 0.25) is 0 Å². The third kappa shape index (κ3) is 6.97. The molecule has 1 atom stereocenters. The van der Waals surface area contributed by atoms with E-state index in [-0.39, 0.29) is 36.9 Å². The van der Waals surface area contributed by atoms with Crippen molar-refractivity contribution in [1.82, 2.24) is 4.90 Å². The van der Waals surface area contributed by atoms with Crippen molar-refractivity contribution in [3.63, 3.8) is 0 Å². The normalized spacial score (nSPS) is 16.2. The number of rotatable bonds is 7. The first-order chi connectivity index (χ1) is 15.4. The maximum atomic E-state index is 13.1. The van der Waals surface area contributed by atoms with E-state index in [1.165, 1.54) is 6.07 Å². The summed E-state index contributed by atoms with van der Waals surface area (Å²) in [6, 6.07) is 12.5. The topological polar surface area (TPSA) is 51.1 Å². The van der Waals surface area contributed by atoms with Gasteiger partial charge in [0.1, 0.15) is 5.75 Å². The van der Waals surface area contributed by atoms with Crippen LogP contribution in [0.4, 0.5) is 13.2 Å². The molecule has 3 rings (SSSR count). The predicted molar refractivity (Wildman–Crippen MR) is 120 cm³/mol. The number of methoxy groups -OCH3 is 1. The van der Waals surface area contributed by atoms with Crippen LogP contribution >= 0.6 is 0 Å². The molecule has 0 unspecified atom stereocenters. The molecule has 1 amide bonds. The molecule has 0 N–H and O–H groups in total. The molecule has 1 aliphatic rings. The Kier molecular flexibility index (Phi) is 7.34. The van der Waals surface area contributed by atoms with Crippen molar-refractivity contribution in [2.45, 2.75) is 52.4 Å². The molecule has 1 aliphatic heterocycles. The molecular weight excluding hydrogens is 433 g/mol. The SMILES string of the molecule is COc1ccc(C2=NO[C@@H](CN(Cc3cccc(C(F)(F)F)c3)C(=O)CC(C)(C)C)C2)cc1. The Hall–Kier alpha value is -3.03. The largest absolute Gasteiger partial charge is 0.497 e. The van der Waals surface area contributed by atoms with Crippen molar-refractivity contribution >= 4 is 11.6 Å². The van der Waals surface area contributed by atoms with Crippen LogP contribution in [0.25, 0.3) is 0 Å². The van der Waals surface area contributed by atoms with Crippen molar-refractivity contribution in [2.75, 3.05) is 13.7 Å². The molecule has 178 valence electrons. The van der Waals surface area contributed by atoms with E-state index in [1.807, 2.05) is 45.0 Å². The number of amides is 1. The van der Waals surface area contributed by atoms with Crippen LogP contribution < -0.4 is 4.74 Å². The zero-order chi connectivity index (χ0) is 24.2. The first-order valence-corrected chi connectivity index (χ1v) is 10.8. The highest BCUT2D eigenvalue weighted by atomic mass is 19.4. The maximum absolute atomic E-state index is 13.1. The van der Waals surface area contributed by atoms with Gasteiger partial charge in [-0.1, -0.05) is 38.1 Å². The highest BCUT2D eigenvalue weighted by Crippen LogP contribution is 2.30. The van der Waals surface area contributed by atoms with Crippen LogP contribution in [0.3, 0.4) is 0 Å². The van der Waals surface area contributed by atoms with E-state index in [0.29, 0.717) is 12.0 Å². The van der Waals surface area contributed by atoms with Gasteiger partial charge in [-0.3, -0.25) is 4.79 Å². The third-order valence-corrected chi connectivity index (χ3v) is 5.24. The summed E-state index contributed by atoms with van der Waals surface area (Å²) in [4.78, 5) is 20.2. The Labute approximate surface area is 192 Å². The average molecular weight is 463 g/mol. The summed E-state index contributed by atoms with van der Waals surface area (Å²) in [6.45, 7) is 6.14. The lowest BCUT2D eigenvalue weighted by molar-refractivity contribution is -0.137. The molecule has 33 heavy (non-hydrogen) atoms. The van der Waals surface area contributed by atoms with Gasteiger partial charge >= 0.3 is 6.18 Å². The molecule has 0 fully saturated rings. The van der Waals surface area contributed by atoms with Gasteiger partial charge in [0.25, 0.3) is 0 Å². The van der Waals surface area contributed by atoms with E-state index in [2.05, 4.69) is 5.16 Å². The standard InChI is InChI=1S/C25H29F3N2O3/c1-24(2,3)14-23(31)30(15-17-6-5-7-19(12-17)25(26,27)28)16-21-13-22(29-33-21)18-8-10-20(32-4)11-9-18/h5-12,21H,13-16H2,1-4H3/t21-/m1/s1. The third-order valence-electron chi connectivity index (χ3n) is 5.24. The first kappa shape index (κ1) is 24.6. The number of oxime groups is 1. The average Bonchev–Trinajstić information content (AvgIpc) is 3.20. The Morgan fingerprint density at radius 2 is 1.85 bits per heavy atom. The summed E-state index contributed by atoms with van der Waals surface area (Å²) < 4.78 is 44.6. The van der Waals surface area contributed by atoms with Gasteiger partial charge in [-0.05, 0) is 52.9 Å². The van der Waals surface area contributed by atoms with Gasteiger partial charge in [0.2, 0.25) is 5.91 Å². The number of alkyl halides is 3. The molecular formula is C25H29F3N2O3. The monoisotopic (exact) mass is 462 g/mol. The van der Waals surface area contributed by atoms with Crippen LogP contribution in [-0.2, 0) is 22.4 Å². The minimum Gasteiger partial charge on any atom is -0.497 e. The molecule has 0 aromatic heterocycles. The molecule has 5 nitrogen and oxygen atoms in total. The second kappa shape index (κ2) is 9.85. The predicted octanol–water partition coefficient (Wildman–Crippen LogP) is 5.67. The summed E-state index contributed by atoms with van der Waals surface area (Å²) in [5, 5.41) is 4.17. The first-order valence-electron chi connectivity index (χ1n) is 10.8. The Bertz CT molecular complexity index is 995. The van der Waals surface area contributed by atoms with Gasteiger partial charge < -0.3 is 14.5 Å². The molecule has 0 saturated carbocycles. The van der Waals surface area contributed by atoms with Crippen molar-refractivity contribution < 1.29 is 27.5 Å². The summed E-state index contributed by atoms with van der Waals surface area (Å²) in [6.07, 6.45) is -4.05. The highest BCUT2D eigenvalue weighted by molar-refractivity contribution is 6.01. The number of hydrogen-bond donors (Lipinski definition) is 0. The maximum Gasteiger partial charge on any atom is 0.416 e. The van der Waals surface area contributed by atoms with Crippen LogP contribution in [-0.4, -0.2) is 36.3 Å². The van der Waals surface area contributed by atoms with Gasteiger partial charge in [-0.25, -0.2) is 0 Å². The fraction of sp³-hybridized carbons (Fsp3) is 0.440. The van der Waals surface area contributed by atoms with E-state index in [1.54, 1.807) is 18.1 Å². The zero-order valence-corrected chi connectivity index (χ0v) is 19.3. The minimum atomic E-state index is -4.44. The smallest absolute Gasteiger partial charge is 0.416 e. The van der Waals surface area contributed by atoms with E-state index in [0.717, 1.165) is 29.2 Å². The number of halogens is 3. The van der Waals surface area contributed by atoms with Gasteiger partial charge in [-0.2, -0.15) is 13.2 Å². The van der Waals surface area contributed by atoms with E-state index in [4.69, 9.17) is 9.57 Å². The number of carbonyl (C=O) groups excluding carboxylic acids is 1. The van der Waals surface area contributed by atoms with Crippen molar-refractivity contribution in [2.24, 2.45) is 10.6 Å². The summed E-state index contributed by atoms with van der Waals surface area (Å²) >= 11 is 0. The number of ether oxygens (including phenoxy) is 1. The Morgan fingerprint density at radius 1 is 1.15 bits per heavy atom. The van der Waals surface area contributed by atoms with Crippen LogP contribution in [0, 0.1) is 5.41 Å². The molecule has 2 aromatic rings. The van der Waals surface area contributed by atoms with Crippen molar-refractivity contribution in [3.05, 3.63) is 65.2 Å².